The largest absolute Gasteiger partial charge is 0.466 e. The van der Waals surface area contributed by atoms with Gasteiger partial charge in [-0.2, -0.15) is 0 Å². The molecule has 0 N–H and O–H groups in total. The summed E-state index contributed by atoms with van der Waals surface area (Å²) in [5.41, 5.74) is -0.224. The first-order valence-electron chi connectivity index (χ1n) is 9.15. The lowest BCUT2D eigenvalue weighted by molar-refractivity contribution is -0.143. The number of nitrogens with zero attached hydrogens (tertiary/aromatic N) is 4. The summed E-state index contributed by atoms with van der Waals surface area (Å²) >= 11 is 1.40. The van der Waals surface area contributed by atoms with Crippen molar-refractivity contribution in [2.75, 3.05) is 6.61 Å². The summed E-state index contributed by atoms with van der Waals surface area (Å²) in [4.78, 5) is 54.6. The lowest BCUT2D eigenvalue weighted by Gasteiger charge is -2.09. The van der Waals surface area contributed by atoms with E-state index in [1.807, 2.05) is 13.0 Å². The van der Waals surface area contributed by atoms with E-state index in [4.69, 9.17) is 4.74 Å². The zero-order valence-electron chi connectivity index (χ0n) is 16.5. The maximum atomic E-state index is 12.6. The Balaban J connectivity index is 1.52. The van der Waals surface area contributed by atoms with Crippen LogP contribution >= 0.6 is 11.3 Å². The van der Waals surface area contributed by atoms with Crippen LogP contribution in [0.4, 0.5) is 0 Å². The second-order valence-corrected chi connectivity index (χ2v) is 8.02. The number of ether oxygens (including phenoxy) is 1. The van der Waals surface area contributed by atoms with Gasteiger partial charge in [0.15, 0.2) is 16.9 Å². The van der Waals surface area contributed by atoms with Crippen molar-refractivity contribution in [3.8, 4) is 0 Å². The molecule has 0 spiro atoms. The number of carbonyl (C=O) groups excluding carboxylic acids is 2. The van der Waals surface area contributed by atoms with E-state index in [9.17, 15) is 19.2 Å². The molecule has 3 rings (SSSR count). The molecule has 0 saturated heterocycles. The van der Waals surface area contributed by atoms with Crippen molar-refractivity contribution in [3.05, 3.63) is 49.1 Å². The summed E-state index contributed by atoms with van der Waals surface area (Å²) in [6.45, 7) is 2.10. The number of aryl methyl sites for hydroxylation is 3. The monoisotopic (exact) mass is 418 g/mol. The molecule has 0 aromatic carbocycles. The van der Waals surface area contributed by atoms with Gasteiger partial charge in [0.25, 0.3) is 5.56 Å². The van der Waals surface area contributed by atoms with Crippen LogP contribution in [0.25, 0.3) is 11.2 Å². The molecular weight excluding hydrogens is 396 g/mol. The van der Waals surface area contributed by atoms with Crippen LogP contribution in [0.5, 0.6) is 0 Å². The first-order chi connectivity index (χ1) is 13.8. The van der Waals surface area contributed by atoms with Gasteiger partial charge in [0.05, 0.1) is 24.2 Å². The van der Waals surface area contributed by atoms with Crippen LogP contribution in [0.1, 0.15) is 33.8 Å². The highest BCUT2D eigenvalue weighted by Gasteiger charge is 2.15. The third-order valence-corrected chi connectivity index (χ3v) is 5.60. The fourth-order valence-corrected chi connectivity index (χ4v) is 3.83. The number of esters is 1. The SMILES string of the molecule is Cc1ccc(C(=O)CCC(=O)OCCCn2c(=O)c3c(ncn3C)n(C)c2=O)s1. The van der Waals surface area contributed by atoms with Gasteiger partial charge < -0.3 is 9.30 Å². The first-order valence-corrected chi connectivity index (χ1v) is 9.97. The Kier molecular flexibility index (Phi) is 6.12. The Morgan fingerprint density at radius 1 is 1.17 bits per heavy atom. The summed E-state index contributed by atoms with van der Waals surface area (Å²) < 4.78 is 9.13. The van der Waals surface area contributed by atoms with Crippen LogP contribution in [0, 0.1) is 6.92 Å². The summed E-state index contributed by atoms with van der Waals surface area (Å²) in [5.74, 6) is -0.562. The fraction of sp³-hybridized carbons (Fsp3) is 0.421. The number of aromatic nitrogens is 4. The second kappa shape index (κ2) is 8.56. The quantitative estimate of drug-likeness (QED) is 0.311. The average Bonchev–Trinajstić information content (AvgIpc) is 3.29. The Morgan fingerprint density at radius 2 is 1.93 bits per heavy atom. The molecule has 0 aliphatic carbocycles. The van der Waals surface area contributed by atoms with Crippen molar-refractivity contribution < 1.29 is 14.3 Å². The van der Waals surface area contributed by atoms with Gasteiger partial charge in [0, 0.05) is 31.9 Å². The highest BCUT2D eigenvalue weighted by atomic mass is 32.1. The molecule has 3 aromatic rings. The van der Waals surface area contributed by atoms with Crippen molar-refractivity contribution in [1.82, 2.24) is 18.7 Å². The van der Waals surface area contributed by atoms with E-state index in [0.717, 1.165) is 9.44 Å². The molecule has 0 amide bonds. The number of hydrogen-bond donors (Lipinski definition) is 0. The van der Waals surface area contributed by atoms with E-state index in [0.29, 0.717) is 22.5 Å². The van der Waals surface area contributed by atoms with Gasteiger partial charge in [-0.15, -0.1) is 11.3 Å². The van der Waals surface area contributed by atoms with E-state index in [2.05, 4.69) is 4.98 Å². The highest BCUT2D eigenvalue weighted by molar-refractivity contribution is 7.14. The molecule has 10 heteroatoms. The summed E-state index contributed by atoms with van der Waals surface area (Å²) in [6.07, 6.45) is 1.88. The smallest absolute Gasteiger partial charge is 0.332 e. The molecule has 0 radical (unpaired) electrons. The number of hydrogen-bond acceptors (Lipinski definition) is 7. The third-order valence-electron chi connectivity index (χ3n) is 4.56. The van der Waals surface area contributed by atoms with Gasteiger partial charge >= 0.3 is 11.7 Å². The third kappa shape index (κ3) is 4.37. The molecule has 29 heavy (non-hydrogen) atoms. The van der Waals surface area contributed by atoms with Crippen LogP contribution in [-0.4, -0.2) is 37.0 Å². The van der Waals surface area contributed by atoms with Crippen LogP contribution in [0.2, 0.25) is 0 Å². The van der Waals surface area contributed by atoms with Gasteiger partial charge in [-0.25, -0.2) is 9.78 Å². The normalized spacial score (nSPS) is 11.1. The van der Waals surface area contributed by atoms with E-state index in [-0.39, 0.29) is 31.8 Å². The average molecular weight is 418 g/mol. The van der Waals surface area contributed by atoms with Crippen molar-refractivity contribution in [2.24, 2.45) is 14.1 Å². The lowest BCUT2D eigenvalue weighted by atomic mass is 10.2. The van der Waals surface area contributed by atoms with E-state index >= 15 is 0 Å². The maximum absolute atomic E-state index is 12.6. The zero-order chi connectivity index (χ0) is 21.1. The molecule has 0 saturated carbocycles. The second-order valence-electron chi connectivity index (χ2n) is 6.73. The van der Waals surface area contributed by atoms with Gasteiger partial charge in [0.2, 0.25) is 0 Å². The van der Waals surface area contributed by atoms with Crippen molar-refractivity contribution in [3.63, 3.8) is 0 Å². The fourth-order valence-electron chi connectivity index (χ4n) is 3.00. The number of imidazole rings is 1. The van der Waals surface area contributed by atoms with Crippen LogP contribution < -0.4 is 11.2 Å². The molecule has 3 heterocycles. The Labute approximate surface area is 170 Å². The molecule has 0 atom stereocenters. The maximum Gasteiger partial charge on any atom is 0.332 e. The summed E-state index contributed by atoms with van der Waals surface area (Å²) in [7, 11) is 3.24. The van der Waals surface area contributed by atoms with Crippen molar-refractivity contribution in [2.45, 2.75) is 32.7 Å². The van der Waals surface area contributed by atoms with Crippen molar-refractivity contribution in [1.29, 1.82) is 0 Å². The molecule has 0 aliphatic rings. The number of carbonyl (C=O) groups is 2. The molecule has 0 fully saturated rings. The van der Waals surface area contributed by atoms with Gasteiger partial charge in [-0.05, 0) is 25.5 Å². The highest BCUT2D eigenvalue weighted by Crippen LogP contribution is 2.17. The van der Waals surface area contributed by atoms with E-state index in [1.165, 1.54) is 22.2 Å². The van der Waals surface area contributed by atoms with Gasteiger partial charge in [-0.3, -0.25) is 23.5 Å². The molecule has 154 valence electrons. The van der Waals surface area contributed by atoms with Gasteiger partial charge in [0.1, 0.15) is 0 Å². The number of Topliss-reactive ketones (excluding diaryl/α,β-unsaturated/α-hetero) is 1. The first kappa shape index (κ1) is 20.7. The predicted molar refractivity (Wildman–Crippen MR) is 108 cm³/mol. The summed E-state index contributed by atoms with van der Waals surface area (Å²) in [6, 6.07) is 3.62. The van der Waals surface area contributed by atoms with Crippen LogP contribution in [0.15, 0.2) is 28.0 Å². The minimum absolute atomic E-state index is 0.00151. The topological polar surface area (TPSA) is 105 Å². The number of thiophene rings is 1. The standard InChI is InChI=1S/C19H22N4O5S/c1-12-5-7-14(29-12)13(24)6-8-15(25)28-10-4-9-23-18(26)16-17(20-11-21(16)2)22(3)19(23)27/h5,7,11H,4,6,8-10H2,1-3H3. The van der Waals surface area contributed by atoms with Crippen molar-refractivity contribution >= 4 is 34.3 Å². The predicted octanol–water partition coefficient (Wildman–Crippen LogP) is 1.40. The summed E-state index contributed by atoms with van der Waals surface area (Å²) in [5, 5.41) is 0. The lowest BCUT2D eigenvalue weighted by Crippen LogP contribution is -2.39. The molecule has 0 unspecified atom stereocenters. The molecule has 9 nitrogen and oxygen atoms in total. The zero-order valence-corrected chi connectivity index (χ0v) is 17.3. The molecule has 0 aliphatic heterocycles. The molecular formula is C19H22N4O5S. The van der Waals surface area contributed by atoms with Crippen LogP contribution in [-0.2, 0) is 30.2 Å². The Hall–Kier alpha value is -3.01. The molecule has 3 aromatic heterocycles. The van der Waals surface area contributed by atoms with E-state index in [1.54, 1.807) is 24.7 Å². The van der Waals surface area contributed by atoms with Crippen LogP contribution in [0.3, 0.4) is 0 Å². The minimum Gasteiger partial charge on any atom is -0.466 e. The van der Waals surface area contributed by atoms with E-state index < -0.39 is 17.2 Å². The number of rotatable bonds is 8. The van der Waals surface area contributed by atoms with Gasteiger partial charge in [-0.1, -0.05) is 0 Å². The number of ketones is 1. The minimum atomic E-state index is -0.478. The molecule has 0 bridgehead atoms. The Bertz CT molecular complexity index is 1180. The Morgan fingerprint density at radius 3 is 2.62 bits per heavy atom. The number of fused-ring (bicyclic) bond motifs is 1.